The third kappa shape index (κ3) is 3.70. The van der Waals surface area contributed by atoms with Crippen molar-refractivity contribution >= 4 is 16.8 Å². The maximum absolute atomic E-state index is 12.6. The minimum atomic E-state index is -0.0236. The SMILES string of the molecule is Cc1cc2nn(CC3CNC3)cc2cc1C(=O)NCC1CCCCO1. The van der Waals surface area contributed by atoms with Gasteiger partial charge in [-0.1, -0.05) is 0 Å². The van der Waals surface area contributed by atoms with Crippen molar-refractivity contribution in [2.24, 2.45) is 5.92 Å². The molecule has 2 fully saturated rings. The predicted octanol–water partition coefficient (Wildman–Crippen LogP) is 1.86. The van der Waals surface area contributed by atoms with E-state index >= 15 is 0 Å². The number of nitrogens with zero attached hydrogens (tertiary/aromatic N) is 2. The molecule has 1 amide bonds. The Morgan fingerprint density at radius 1 is 1.40 bits per heavy atom. The fourth-order valence-corrected chi connectivity index (χ4v) is 3.58. The van der Waals surface area contributed by atoms with Gasteiger partial charge in [-0.05, 0) is 43.9 Å². The van der Waals surface area contributed by atoms with E-state index in [-0.39, 0.29) is 12.0 Å². The van der Waals surface area contributed by atoms with E-state index in [0.717, 1.165) is 61.1 Å². The molecule has 0 saturated carbocycles. The van der Waals surface area contributed by atoms with Crippen molar-refractivity contribution in [3.8, 4) is 0 Å². The normalized spacial score (nSPS) is 21.2. The van der Waals surface area contributed by atoms with Gasteiger partial charge in [0.2, 0.25) is 0 Å². The van der Waals surface area contributed by atoms with Gasteiger partial charge in [0.05, 0.1) is 11.6 Å². The van der Waals surface area contributed by atoms with E-state index in [2.05, 4.69) is 15.7 Å². The highest BCUT2D eigenvalue weighted by atomic mass is 16.5. The van der Waals surface area contributed by atoms with Gasteiger partial charge < -0.3 is 15.4 Å². The van der Waals surface area contributed by atoms with Crippen molar-refractivity contribution < 1.29 is 9.53 Å². The largest absolute Gasteiger partial charge is 0.376 e. The number of hydrogen-bond acceptors (Lipinski definition) is 4. The Kier molecular flexibility index (Phi) is 4.72. The Bertz CT molecular complexity index is 760. The molecule has 1 atom stereocenters. The van der Waals surface area contributed by atoms with Gasteiger partial charge in [-0.3, -0.25) is 9.48 Å². The lowest BCUT2D eigenvalue weighted by molar-refractivity contribution is 0.0169. The first-order valence-electron chi connectivity index (χ1n) is 9.27. The van der Waals surface area contributed by atoms with Gasteiger partial charge in [-0.2, -0.15) is 5.10 Å². The number of hydrogen-bond donors (Lipinski definition) is 2. The molecule has 0 aliphatic carbocycles. The van der Waals surface area contributed by atoms with Crippen molar-refractivity contribution in [1.29, 1.82) is 0 Å². The minimum Gasteiger partial charge on any atom is -0.376 e. The van der Waals surface area contributed by atoms with Crippen LogP contribution in [0.2, 0.25) is 0 Å². The molecule has 134 valence electrons. The van der Waals surface area contributed by atoms with Gasteiger partial charge in [-0.25, -0.2) is 0 Å². The Morgan fingerprint density at radius 2 is 2.28 bits per heavy atom. The molecule has 1 aromatic carbocycles. The molecule has 2 aliphatic rings. The zero-order chi connectivity index (χ0) is 17.2. The number of fused-ring (bicyclic) bond motifs is 1. The molecular formula is C19H26N4O2. The average Bonchev–Trinajstić information content (AvgIpc) is 2.97. The molecule has 2 saturated heterocycles. The Hall–Kier alpha value is -1.92. The second-order valence-electron chi connectivity index (χ2n) is 7.30. The zero-order valence-corrected chi connectivity index (χ0v) is 14.8. The molecule has 4 rings (SSSR count). The van der Waals surface area contributed by atoms with Gasteiger partial charge in [0, 0.05) is 55.9 Å². The summed E-state index contributed by atoms with van der Waals surface area (Å²) >= 11 is 0. The highest BCUT2D eigenvalue weighted by Crippen LogP contribution is 2.20. The van der Waals surface area contributed by atoms with Crippen LogP contribution in [0.25, 0.3) is 10.9 Å². The fraction of sp³-hybridized carbons (Fsp3) is 0.579. The van der Waals surface area contributed by atoms with Crippen molar-refractivity contribution in [2.45, 2.75) is 38.8 Å². The topological polar surface area (TPSA) is 68.2 Å². The van der Waals surface area contributed by atoms with Crippen LogP contribution in [0.5, 0.6) is 0 Å². The van der Waals surface area contributed by atoms with Crippen LogP contribution in [0.15, 0.2) is 18.3 Å². The first-order chi connectivity index (χ1) is 12.2. The molecule has 1 aromatic heterocycles. The molecular weight excluding hydrogens is 316 g/mol. The van der Waals surface area contributed by atoms with Gasteiger partial charge in [0.1, 0.15) is 0 Å². The van der Waals surface area contributed by atoms with Crippen LogP contribution in [0, 0.1) is 12.8 Å². The summed E-state index contributed by atoms with van der Waals surface area (Å²) in [5.41, 5.74) is 2.65. The maximum atomic E-state index is 12.6. The highest BCUT2D eigenvalue weighted by molar-refractivity contribution is 5.99. The first kappa shape index (κ1) is 16.5. The number of nitrogens with one attached hydrogen (secondary N) is 2. The van der Waals surface area contributed by atoms with E-state index < -0.39 is 0 Å². The van der Waals surface area contributed by atoms with Crippen LogP contribution in [0.4, 0.5) is 0 Å². The molecule has 0 spiro atoms. The molecule has 2 aromatic rings. The summed E-state index contributed by atoms with van der Waals surface area (Å²) in [6.07, 6.45) is 5.54. The number of carbonyl (C=O) groups excluding carboxylic acids is 1. The first-order valence-corrected chi connectivity index (χ1v) is 9.27. The molecule has 6 nitrogen and oxygen atoms in total. The van der Waals surface area contributed by atoms with Crippen molar-refractivity contribution in [1.82, 2.24) is 20.4 Å². The smallest absolute Gasteiger partial charge is 0.251 e. The molecule has 25 heavy (non-hydrogen) atoms. The number of aryl methyl sites for hydroxylation is 1. The second-order valence-corrected chi connectivity index (χ2v) is 7.30. The Balaban J connectivity index is 1.46. The van der Waals surface area contributed by atoms with Crippen molar-refractivity contribution in [3.05, 3.63) is 29.5 Å². The van der Waals surface area contributed by atoms with E-state index in [4.69, 9.17) is 4.74 Å². The van der Waals surface area contributed by atoms with Gasteiger partial charge in [-0.15, -0.1) is 0 Å². The minimum absolute atomic E-state index is 0.0236. The number of benzene rings is 1. The van der Waals surface area contributed by atoms with Gasteiger partial charge in [0.25, 0.3) is 5.91 Å². The lowest BCUT2D eigenvalue weighted by Crippen LogP contribution is -2.44. The van der Waals surface area contributed by atoms with Crippen LogP contribution in [-0.2, 0) is 11.3 Å². The van der Waals surface area contributed by atoms with E-state index in [1.54, 1.807) is 0 Å². The number of amides is 1. The summed E-state index contributed by atoms with van der Waals surface area (Å²) < 4.78 is 7.70. The monoisotopic (exact) mass is 342 g/mol. The molecule has 1 unspecified atom stereocenters. The summed E-state index contributed by atoms with van der Waals surface area (Å²) in [5, 5.41) is 12.0. The predicted molar refractivity (Wildman–Crippen MR) is 96.8 cm³/mol. The van der Waals surface area contributed by atoms with Crippen LogP contribution in [0.3, 0.4) is 0 Å². The summed E-state index contributed by atoms with van der Waals surface area (Å²) in [4.78, 5) is 12.6. The van der Waals surface area contributed by atoms with E-state index in [9.17, 15) is 4.79 Å². The number of rotatable bonds is 5. The van der Waals surface area contributed by atoms with Crippen LogP contribution < -0.4 is 10.6 Å². The number of carbonyl (C=O) groups is 1. The Labute approximate surface area is 147 Å². The molecule has 6 heteroatoms. The van der Waals surface area contributed by atoms with Crippen LogP contribution in [0.1, 0.15) is 35.2 Å². The van der Waals surface area contributed by atoms with E-state index in [0.29, 0.717) is 12.5 Å². The molecule has 3 heterocycles. The summed E-state index contributed by atoms with van der Waals surface area (Å²) in [5.74, 6) is 0.637. The summed E-state index contributed by atoms with van der Waals surface area (Å²) in [6, 6.07) is 3.97. The quantitative estimate of drug-likeness (QED) is 0.870. The molecule has 2 N–H and O–H groups in total. The summed E-state index contributed by atoms with van der Waals surface area (Å²) in [7, 11) is 0. The third-order valence-corrected chi connectivity index (χ3v) is 5.22. The van der Waals surface area contributed by atoms with E-state index in [1.807, 2.05) is 29.9 Å². The van der Waals surface area contributed by atoms with E-state index in [1.165, 1.54) is 6.42 Å². The maximum Gasteiger partial charge on any atom is 0.251 e. The lowest BCUT2D eigenvalue weighted by atomic mass is 10.0. The second kappa shape index (κ2) is 7.14. The number of aromatic nitrogens is 2. The van der Waals surface area contributed by atoms with Crippen LogP contribution in [-0.4, -0.2) is 48.0 Å². The van der Waals surface area contributed by atoms with Crippen molar-refractivity contribution in [3.63, 3.8) is 0 Å². The van der Waals surface area contributed by atoms with Gasteiger partial charge >= 0.3 is 0 Å². The van der Waals surface area contributed by atoms with Gasteiger partial charge in [0.15, 0.2) is 0 Å². The number of ether oxygens (including phenoxy) is 1. The molecule has 2 aliphatic heterocycles. The molecule has 0 radical (unpaired) electrons. The average molecular weight is 342 g/mol. The zero-order valence-electron chi connectivity index (χ0n) is 14.8. The summed E-state index contributed by atoms with van der Waals surface area (Å²) in [6.45, 7) is 6.42. The highest BCUT2D eigenvalue weighted by Gasteiger charge is 2.19. The van der Waals surface area contributed by atoms with Crippen molar-refractivity contribution in [2.75, 3.05) is 26.2 Å². The Morgan fingerprint density at radius 3 is 3.00 bits per heavy atom. The third-order valence-electron chi connectivity index (χ3n) is 5.22. The lowest BCUT2D eigenvalue weighted by Gasteiger charge is -2.26. The molecule has 0 bridgehead atoms. The fourth-order valence-electron chi connectivity index (χ4n) is 3.58. The van der Waals surface area contributed by atoms with Crippen LogP contribution >= 0.6 is 0 Å². The standard InChI is InChI=1S/C19H26N4O2/c1-13-6-18-15(12-23(22-18)11-14-8-20-9-14)7-17(13)19(24)21-10-16-4-2-3-5-25-16/h6-7,12,14,16,20H,2-5,8-11H2,1H3,(H,21,24).